The predicted octanol–water partition coefficient (Wildman–Crippen LogP) is 2.43. The van der Waals surface area contributed by atoms with Gasteiger partial charge in [0.2, 0.25) is 0 Å². The lowest BCUT2D eigenvalue weighted by Gasteiger charge is -2.02. The summed E-state index contributed by atoms with van der Waals surface area (Å²) in [4.78, 5) is 17.0. The molecule has 0 saturated heterocycles. The van der Waals surface area contributed by atoms with Crippen LogP contribution in [0.5, 0.6) is 0 Å². The minimum absolute atomic E-state index is 0.656. The number of rotatable bonds is 2. The molecule has 3 aromatic heterocycles. The Morgan fingerprint density at radius 3 is 2.76 bits per heavy atom. The van der Waals surface area contributed by atoms with E-state index >= 15 is 0 Å². The molecule has 0 saturated carbocycles. The summed E-state index contributed by atoms with van der Waals surface area (Å²) in [6.07, 6.45) is 8.88. The van der Waals surface area contributed by atoms with Gasteiger partial charge in [0.05, 0.1) is 0 Å². The fourth-order valence-corrected chi connectivity index (χ4v) is 2.68. The molecule has 17 heavy (non-hydrogen) atoms. The van der Waals surface area contributed by atoms with E-state index < -0.39 is 0 Å². The van der Waals surface area contributed by atoms with E-state index in [1.807, 2.05) is 16.8 Å². The first-order valence-corrected chi connectivity index (χ1v) is 6.38. The lowest BCUT2D eigenvalue weighted by Crippen LogP contribution is -1.93. The smallest absolute Gasteiger partial charge is 0.193 e. The van der Waals surface area contributed by atoms with Crippen LogP contribution in [0.4, 0.5) is 0 Å². The summed E-state index contributed by atoms with van der Waals surface area (Å²) >= 11 is 4.76. The van der Waals surface area contributed by atoms with Gasteiger partial charge in [-0.3, -0.25) is 0 Å². The number of fused-ring (bicyclic) bond motifs is 1. The SMILES string of the molecule is Brc1cn2ccnc2c(Sc2ncccn2)n1. The number of hydrogen-bond donors (Lipinski definition) is 0. The molecule has 0 fully saturated rings. The number of hydrogen-bond acceptors (Lipinski definition) is 5. The van der Waals surface area contributed by atoms with Crippen LogP contribution in [0, 0.1) is 0 Å². The van der Waals surface area contributed by atoms with E-state index in [1.165, 1.54) is 11.8 Å². The van der Waals surface area contributed by atoms with Crippen LogP contribution in [0.15, 0.2) is 51.8 Å². The topological polar surface area (TPSA) is 56.0 Å². The number of nitrogens with zero attached hydrogens (tertiary/aromatic N) is 5. The lowest BCUT2D eigenvalue weighted by atomic mass is 10.7. The summed E-state index contributed by atoms with van der Waals surface area (Å²) in [5.41, 5.74) is 0.797. The Bertz CT molecular complexity index is 654. The normalized spacial score (nSPS) is 10.9. The summed E-state index contributed by atoms with van der Waals surface area (Å²) in [7, 11) is 0. The molecule has 84 valence electrons. The molecule has 0 spiro atoms. The predicted molar refractivity (Wildman–Crippen MR) is 66.8 cm³/mol. The fraction of sp³-hybridized carbons (Fsp3) is 0. The standard InChI is InChI=1S/C10H6BrN5S/c11-7-6-16-5-4-12-8(16)9(15-7)17-10-13-2-1-3-14-10/h1-6H. The molecule has 7 heteroatoms. The largest absolute Gasteiger partial charge is 0.302 e. The van der Waals surface area contributed by atoms with Crippen LogP contribution >= 0.6 is 27.7 Å². The monoisotopic (exact) mass is 307 g/mol. The van der Waals surface area contributed by atoms with Crippen molar-refractivity contribution in [3.63, 3.8) is 0 Å². The molecular formula is C10H6BrN5S. The van der Waals surface area contributed by atoms with Crippen molar-refractivity contribution < 1.29 is 0 Å². The molecule has 0 aliphatic heterocycles. The molecule has 0 radical (unpaired) electrons. The van der Waals surface area contributed by atoms with Gasteiger partial charge >= 0.3 is 0 Å². The van der Waals surface area contributed by atoms with Crippen LogP contribution in [-0.2, 0) is 0 Å². The fourth-order valence-electron chi connectivity index (χ4n) is 1.37. The highest BCUT2D eigenvalue weighted by Gasteiger charge is 2.09. The van der Waals surface area contributed by atoms with E-state index in [9.17, 15) is 0 Å². The van der Waals surface area contributed by atoms with Crippen LogP contribution in [0.2, 0.25) is 0 Å². The van der Waals surface area contributed by atoms with Gasteiger partial charge in [0.1, 0.15) is 9.63 Å². The molecule has 3 heterocycles. The van der Waals surface area contributed by atoms with E-state index in [0.717, 1.165) is 15.3 Å². The van der Waals surface area contributed by atoms with E-state index in [2.05, 4.69) is 35.9 Å². The Morgan fingerprint density at radius 1 is 1.12 bits per heavy atom. The molecule has 0 N–H and O–H groups in total. The van der Waals surface area contributed by atoms with Crippen molar-refractivity contribution >= 4 is 33.3 Å². The van der Waals surface area contributed by atoms with E-state index in [0.29, 0.717) is 5.16 Å². The van der Waals surface area contributed by atoms with Gasteiger partial charge in [-0.25, -0.2) is 19.9 Å². The quantitative estimate of drug-likeness (QED) is 0.681. The van der Waals surface area contributed by atoms with Gasteiger partial charge in [-0.15, -0.1) is 0 Å². The maximum Gasteiger partial charge on any atom is 0.193 e. The second-order valence-electron chi connectivity index (χ2n) is 3.16. The van der Waals surface area contributed by atoms with Crippen molar-refractivity contribution in [3.8, 4) is 0 Å². The Hall–Kier alpha value is -1.47. The third kappa shape index (κ3) is 2.16. The molecule has 0 atom stereocenters. The molecular weight excluding hydrogens is 302 g/mol. The maximum absolute atomic E-state index is 4.39. The molecule has 0 bridgehead atoms. The Morgan fingerprint density at radius 2 is 1.94 bits per heavy atom. The van der Waals surface area contributed by atoms with Crippen LogP contribution in [0.3, 0.4) is 0 Å². The van der Waals surface area contributed by atoms with Crippen LogP contribution in [0.1, 0.15) is 0 Å². The summed E-state index contributed by atoms with van der Waals surface area (Å²) < 4.78 is 2.66. The first kappa shape index (κ1) is 10.7. The summed E-state index contributed by atoms with van der Waals surface area (Å²) in [5, 5.41) is 1.43. The zero-order valence-electron chi connectivity index (χ0n) is 8.49. The average molecular weight is 308 g/mol. The third-order valence-electron chi connectivity index (χ3n) is 2.04. The molecule has 0 unspecified atom stereocenters. The van der Waals surface area contributed by atoms with Crippen LogP contribution < -0.4 is 0 Å². The van der Waals surface area contributed by atoms with Crippen molar-refractivity contribution in [1.29, 1.82) is 0 Å². The van der Waals surface area contributed by atoms with E-state index in [4.69, 9.17) is 0 Å². The zero-order chi connectivity index (χ0) is 11.7. The molecule has 0 aromatic carbocycles. The van der Waals surface area contributed by atoms with Gasteiger partial charge in [0.25, 0.3) is 0 Å². The highest BCUT2D eigenvalue weighted by molar-refractivity contribution is 9.10. The van der Waals surface area contributed by atoms with Gasteiger partial charge in [-0.05, 0) is 33.8 Å². The highest BCUT2D eigenvalue weighted by atomic mass is 79.9. The number of aromatic nitrogens is 5. The molecule has 3 aromatic rings. The van der Waals surface area contributed by atoms with E-state index in [1.54, 1.807) is 24.7 Å². The first-order chi connectivity index (χ1) is 8.33. The second-order valence-corrected chi connectivity index (χ2v) is 4.93. The van der Waals surface area contributed by atoms with Gasteiger partial charge in [-0.2, -0.15) is 0 Å². The lowest BCUT2D eigenvalue weighted by molar-refractivity contribution is 0.950. The van der Waals surface area contributed by atoms with Crippen molar-refractivity contribution in [3.05, 3.63) is 41.7 Å². The van der Waals surface area contributed by atoms with E-state index in [-0.39, 0.29) is 0 Å². The number of imidazole rings is 1. The van der Waals surface area contributed by atoms with Crippen LogP contribution in [-0.4, -0.2) is 24.3 Å². The highest BCUT2D eigenvalue weighted by Crippen LogP contribution is 2.26. The molecule has 0 aliphatic carbocycles. The summed E-state index contributed by atoms with van der Waals surface area (Å²) in [6.45, 7) is 0. The summed E-state index contributed by atoms with van der Waals surface area (Å²) in [6, 6.07) is 1.78. The maximum atomic E-state index is 4.39. The second kappa shape index (κ2) is 4.42. The van der Waals surface area contributed by atoms with Crippen LogP contribution in [0.25, 0.3) is 5.65 Å². The molecule has 0 amide bonds. The molecule has 0 aliphatic rings. The van der Waals surface area contributed by atoms with Crippen molar-refractivity contribution in [2.24, 2.45) is 0 Å². The third-order valence-corrected chi connectivity index (χ3v) is 3.29. The van der Waals surface area contributed by atoms with Crippen molar-refractivity contribution in [2.75, 3.05) is 0 Å². The Labute approximate surface area is 109 Å². The first-order valence-electron chi connectivity index (χ1n) is 4.77. The molecule has 5 nitrogen and oxygen atoms in total. The zero-order valence-corrected chi connectivity index (χ0v) is 10.9. The van der Waals surface area contributed by atoms with Crippen molar-refractivity contribution in [1.82, 2.24) is 24.3 Å². The van der Waals surface area contributed by atoms with Gasteiger partial charge < -0.3 is 4.40 Å². The molecule has 3 rings (SSSR count). The van der Waals surface area contributed by atoms with Crippen molar-refractivity contribution in [2.45, 2.75) is 10.2 Å². The van der Waals surface area contributed by atoms with Gasteiger partial charge in [-0.1, -0.05) is 0 Å². The van der Waals surface area contributed by atoms with Gasteiger partial charge in [0.15, 0.2) is 10.8 Å². The summed E-state index contributed by atoms with van der Waals surface area (Å²) in [5.74, 6) is 0. The van der Waals surface area contributed by atoms with Gasteiger partial charge in [0, 0.05) is 31.0 Å². The Balaban J connectivity index is 2.08. The number of halogens is 1. The Kier molecular flexibility index (Phi) is 2.77. The minimum Gasteiger partial charge on any atom is -0.302 e. The average Bonchev–Trinajstić information content (AvgIpc) is 2.78. The minimum atomic E-state index is 0.656.